The van der Waals surface area contributed by atoms with Gasteiger partial charge in [0.15, 0.2) is 5.84 Å². The molecule has 1 amide bonds. The number of imidazole rings is 1. The zero-order chi connectivity index (χ0) is 13.8. The molecule has 0 spiro atoms. The molecule has 0 saturated carbocycles. The lowest BCUT2D eigenvalue weighted by Gasteiger charge is -2.30. The van der Waals surface area contributed by atoms with Crippen molar-refractivity contribution in [3.63, 3.8) is 0 Å². The average Bonchev–Trinajstić information content (AvgIpc) is 2.88. The molecule has 1 rings (SSSR count). The van der Waals surface area contributed by atoms with Crippen LogP contribution in [0.25, 0.3) is 0 Å². The summed E-state index contributed by atoms with van der Waals surface area (Å²) in [6.45, 7) is 3.82. The standard InChI is InChI=1S/C11H19N5O2/c1-4-11(2,9(12)15-18)10(17)16(3)7-8-13-5-6-14-8/h5-6,18H,4,7H2,1-3H3,(H2,12,15)(H,13,14). The van der Waals surface area contributed by atoms with Crippen LogP contribution in [0.15, 0.2) is 17.5 Å². The summed E-state index contributed by atoms with van der Waals surface area (Å²) in [4.78, 5) is 20.8. The maximum atomic E-state index is 12.3. The van der Waals surface area contributed by atoms with E-state index in [9.17, 15) is 4.79 Å². The molecule has 7 nitrogen and oxygen atoms in total. The monoisotopic (exact) mass is 253 g/mol. The minimum absolute atomic E-state index is 0.0821. The second-order valence-corrected chi connectivity index (χ2v) is 4.37. The molecule has 4 N–H and O–H groups in total. The predicted molar refractivity (Wildman–Crippen MR) is 66.9 cm³/mol. The normalized spacial score (nSPS) is 15.2. The number of hydrogen-bond donors (Lipinski definition) is 3. The number of oxime groups is 1. The first-order valence-electron chi connectivity index (χ1n) is 5.67. The number of amidine groups is 1. The molecule has 0 aromatic carbocycles. The molecule has 7 heteroatoms. The number of carbonyl (C=O) groups excluding carboxylic acids is 1. The maximum absolute atomic E-state index is 12.3. The van der Waals surface area contributed by atoms with Gasteiger partial charge in [-0.15, -0.1) is 0 Å². The molecule has 0 fully saturated rings. The quantitative estimate of drug-likeness (QED) is 0.308. The number of nitrogens with one attached hydrogen (secondary N) is 1. The van der Waals surface area contributed by atoms with Gasteiger partial charge in [0.2, 0.25) is 5.91 Å². The molecule has 1 heterocycles. The summed E-state index contributed by atoms with van der Waals surface area (Å²) in [5.41, 5.74) is 4.60. The van der Waals surface area contributed by atoms with Crippen molar-refractivity contribution in [3.8, 4) is 0 Å². The van der Waals surface area contributed by atoms with Crippen molar-refractivity contribution in [2.24, 2.45) is 16.3 Å². The minimum Gasteiger partial charge on any atom is -0.409 e. The van der Waals surface area contributed by atoms with Gasteiger partial charge in [0.05, 0.1) is 6.54 Å². The lowest BCUT2D eigenvalue weighted by Crippen LogP contribution is -2.48. The van der Waals surface area contributed by atoms with Crippen molar-refractivity contribution in [3.05, 3.63) is 18.2 Å². The number of nitrogens with zero attached hydrogens (tertiary/aromatic N) is 3. The lowest BCUT2D eigenvalue weighted by atomic mass is 9.84. The summed E-state index contributed by atoms with van der Waals surface area (Å²) >= 11 is 0. The second-order valence-electron chi connectivity index (χ2n) is 4.37. The molecule has 0 aliphatic carbocycles. The van der Waals surface area contributed by atoms with Crippen LogP contribution in [0.5, 0.6) is 0 Å². The zero-order valence-electron chi connectivity index (χ0n) is 10.8. The molecular formula is C11H19N5O2. The van der Waals surface area contributed by atoms with Gasteiger partial charge in [0, 0.05) is 19.4 Å². The third-order valence-corrected chi connectivity index (χ3v) is 3.14. The maximum Gasteiger partial charge on any atom is 0.236 e. The van der Waals surface area contributed by atoms with Crippen LogP contribution in [-0.4, -0.2) is 38.9 Å². The van der Waals surface area contributed by atoms with Gasteiger partial charge >= 0.3 is 0 Å². The van der Waals surface area contributed by atoms with Crippen LogP contribution in [0.3, 0.4) is 0 Å². The van der Waals surface area contributed by atoms with Gasteiger partial charge in [0.25, 0.3) is 0 Å². The Hall–Kier alpha value is -2.05. The highest BCUT2D eigenvalue weighted by molar-refractivity contribution is 6.06. The van der Waals surface area contributed by atoms with Crippen LogP contribution in [0.4, 0.5) is 0 Å². The highest BCUT2D eigenvalue weighted by Gasteiger charge is 2.38. The molecule has 1 aromatic heterocycles. The molecule has 1 aromatic rings. The number of aromatic nitrogens is 2. The van der Waals surface area contributed by atoms with Crippen LogP contribution in [0, 0.1) is 5.41 Å². The third kappa shape index (κ3) is 2.61. The molecule has 0 saturated heterocycles. The molecule has 18 heavy (non-hydrogen) atoms. The fourth-order valence-electron chi connectivity index (χ4n) is 1.65. The van der Waals surface area contributed by atoms with E-state index >= 15 is 0 Å². The van der Waals surface area contributed by atoms with E-state index < -0.39 is 5.41 Å². The van der Waals surface area contributed by atoms with Crippen LogP contribution in [0.1, 0.15) is 26.1 Å². The first-order chi connectivity index (χ1) is 8.45. The summed E-state index contributed by atoms with van der Waals surface area (Å²) in [5, 5.41) is 11.7. The average molecular weight is 253 g/mol. The largest absolute Gasteiger partial charge is 0.409 e. The molecule has 1 atom stereocenters. The number of rotatable bonds is 5. The van der Waals surface area contributed by atoms with Crippen LogP contribution >= 0.6 is 0 Å². The summed E-state index contributed by atoms with van der Waals surface area (Å²) in [6.07, 6.45) is 3.76. The van der Waals surface area contributed by atoms with Crippen molar-refractivity contribution in [2.75, 3.05) is 7.05 Å². The number of aromatic amines is 1. The smallest absolute Gasteiger partial charge is 0.236 e. The molecule has 0 aliphatic heterocycles. The van der Waals surface area contributed by atoms with Gasteiger partial charge in [-0.05, 0) is 13.3 Å². The predicted octanol–water partition coefficient (Wildman–Crippen LogP) is 0.531. The lowest BCUT2D eigenvalue weighted by molar-refractivity contribution is -0.137. The van der Waals surface area contributed by atoms with Crippen molar-refractivity contribution in [2.45, 2.75) is 26.8 Å². The van der Waals surface area contributed by atoms with Gasteiger partial charge in [-0.25, -0.2) is 4.98 Å². The summed E-state index contributed by atoms with van der Waals surface area (Å²) < 4.78 is 0. The number of H-pyrrole nitrogens is 1. The summed E-state index contributed by atoms with van der Waals surface area (Å²) in [5.74, 6) is 0.391. The van der Waals surface area contributed by atoms with E-state index in [0.717, 1.165) is 0 Å². The fraction of sp³-hybridized carbons (Fsp3) is 0.545. The van der Waals surface area contributed by atoms with E-state index in [-0.39, 0.29) is 11.7 Å². The Kier molecular flexibility index (Phi) is 4.30. The molecular weight excluding hydrogens is 234 g/mol. The Morgan fingerprint density at radius 2 is 2.39 bits per heavy atom. The van der Waals surface area contributed by atoms with Gasteiger partial charge in [-0.2, -0.15) is 0 Å². The highest BCUT2D eigenvalue weighted by atomic mass is 16.4. The SMILES string of the molecule is CCC(C)(C(=O)N(C)Cc1ncc[nH]1)/C(N)=N/O. The van der Waals surface area contributed by atoms with Crippen molar-refractivity contribution < 1.29 is 10.0 Å². The molecule has 0 radical (unpaired) electrons. The Morgan fingerprint density at radius 3 is 2.83 bits per heavy atom. The zero-order valence-corrected chi connectivity index (χ0v) is 10.8. The van der Waals surface area contributed by atoms with Gasteiger partial charge < -0.3 is 20.8 Å². The number of carbonyl (C=O) groups is 1. The third-order valence-electron chi connectivity index (χ3n) is 3.14. The van der Waals surface area contributed by atoms with Crippen molar-refractivity contribution in [1.82, 2.24) is 14.9 Å². The van der Waals surface area contributed by atoms with Crippen molar-refractivity contribution in [1.29, 1.82) is 0 Å². The number of amides is 1. The van der Waals surface area contributed by atoms with Crippen molar-refractivity contribution >= 4 is 11.7 Å². The first kappa shape index (κ1) is 14.0. The Bertz CT molecular complexity index is 429. The molecule has 0 aliphatic rings. The van der Waals surface area contributed by atoms with Gasteiger partial charge in [0.1, 0.15) is 11.2 Å². The van der Waals surface area contributed by atoms with Crippen LogP contribution in [-0.2, 0) is 11.3 Å². The first-order valence-corrected chi connectivity index (χ1v) is 5.67. The van der Waals surface area contributed by atoms with E-state index in [1.54, 1.807) is 26.4 Å². The number of hydrogen-bond acceptors (Lipinski definition) is 4. The molecule has 100 valence electrons. The van der Waals surface area contributed by atoms with E-state index in [1.807, 2.05) is 6.92 Å². The number of nitrogens with two attached hydrogens (primary N) is 1. The Morgan fingerprint density at radius 1 is 1.72 bits per heavy atom. The fourth-order valence-corrected chi connectivity index (χ4v) is 1.65. The van der Waals surface area contributed by atoms with E-state index in [2.05, 4.69) is 15.1 Å². The molecule has 0 bridgehead atoms. The van der Waals surface area contributed by atoms with E-state index in [0.29, 0.717) is 18.8 Å². The Balaban J connectivity index is 2.84. The van der Waals surface area contributed by atoms with Crippen LogP contribution in [0.2, 0.25) is 0 Å². The topological polar surface area (TPSA) is 108 Å². The summed E-state index contributed by atoms with van der Waals surface area (Å²) in [6, 6.07) is 0. The van der Waals surface area contributed by atoms with Gasteiger partial charge in [-0.1, -0.05) is 12.1 Å². The minimum atomic E-state index is -1.00. The van der Waals surface area contributed by atoms with Crippen LogP contribution < -0.4 is 5.73 Å². The van der Waals surface area contributed by atoms with E-state index in [1.165, 1.54) is 4.90 Å². The van der Waals surface area contributed by atoms with E-state index in [4.69, 9.17) is 10.9 Å². The second kappa shape index (κ2) is 5.52. The summed E-state index contributed by atoms with van der Waals surface area (Å²) in [7, 11) is 1.66. The highest BCUT2D eigenvalue weighted by Crippen LogP contribution is 2.24. The Labute approximate surface area is 106 Å². The molecule has 1 unspecified atom stereocenters. The van der Waals surface area contributed by atoms with Gasteiger partial charge in [-0.3, -0.25) is 4.79 Å².